The van der Waals surface area contributed by atoms with Gasteiger partial charge in [0.05, 0.1) is 5.92 Å². The number of carbonyl (C=O) groups excluding carboxylic acids is 1. The van der Waals surface area contributed by atoms with Gasteiger partial charge in [0, 0.05) is 18.0 Å². The van der Waals surface area contributed by atoms with Crippen molar-refractivity contribution in [3.05, 3.63) is 11.8 Å². The molecule has 1 aliphatic heterocycles. The Labute approximate surface area is 107 Å². The summed E-state index contributed by atoms with van der Waals surface area (Å²) >= 11 is 0. The van der Waals surface area contributed by atoms with E-state index in [-0.39, 0.29) is 17.2 Å². The van der Waals surface area contributed by atoms with Crippen molar-refractivity contribution in [2.45, 2.75) is 39.0 Å². The minimum atomic E-state index is -0.0949. The summed E-state index contributed by atoms with van der Waals surface area (Å²) in [6, 6.07) is 1.80. The number of piperidine rings is 1. The van der Waals surface area contributed by atoms with Crippen LogP contribution < -0.4 is 10.6 Å². The van der Waals surface area contributed by atoms with Crippen molar-refractivity contribution < 1.29 is 9.32 Å². The highest BCUT2D eigenvalue weighted by atomic mass is 16.5. The third-order valence-corrected chi connectivity index (χ3v) is 3.17. The lowest BCUT2D eigenvalue weighted by atomic mass is 9.93. The lowest BCUT2D eigenvalue weighted by Crippen LogP contribution is -2.37. The molecule has 5 heteroatoms. The summed E-state index contributed by atoms with van der Waals surface area (Å²) in [5.41, 5.74) is -0.0949. The number of nitrogens with one attached hydrogen (secondary N) is 2. The van der Waals surface area contributed by atoms with E-state index in [1.54, 1.807) is 6.07 Å². The topological polar surface area (TPSA) is 67.2 Å². The maximum Gasteiger partial charge on any atom is 0.230 e. The maximum absolute atomic E-state index is 12.0. The molecule has 0 saturated carbocycles. The van der Waals surface area contributed by atoms with Gasteiger partial charge in [-0.15, -0.1) is 0 Å². The normalized spacial score (nSPS) is 20.7. The third kappa shape index (κ3) is 3.10. The van der Waals surface area contributed by atoms with Crippen LogP contribution in [0.4, 0.5) is 5.82 Å². The second-order valence-electron chi connectivity index (χ2n) is 5.86. The van der Waals surface area contributed by atoms with Gasteiger partial charge in [-0.2, -0.15) is 0 Å². The van der Waals surface area contributed by atoms with Gasteiger partial charge in [0.25, 0.3) is 0 Å². The maximum atomic E-state index is 12.0. The Morgan fingerprint density at radius 2 is 2.33 bits per heavy atom. The largest absolute Gasteiger partial charge is 0.359 e. The third-order valence-electron chi connectivity index (χ3n) is 3.17. The van der Waals surface area contributed by atoms with Crippen LogP contribution in [0.15, 0.2) is 10.6 Å². The van der Waals surface area contributed by atoms with Crippen LogP contribution in [0, 0.1) is 5.92 Å². The molecule has 2 heterocycles. The van der Waals surface area contributed by atoms with Crippen LogP contribution in [0.1, 0.15) is 39.4 Å². The first-order valence-corrected chi connectivity index (χ1v) is 6.45. The van der Waals surface area contributed by atoms with E-state index in [1.165, 1.54) is 0 Å². The molecule has 1 fully saturated rings. The SMILES string of the molecule is CC(C)(C)c1cc(NC(=O)C2CCCNC2)no1. The summed E-state index contributed by atoms with van der Waals surface area (Å²) in [6.45, 7) is 7.89. The van der Waals surface area contributed by atoms with Gasteiger partial charge in [-0.1, -0.05) is 25.9 Å². The van der Waals surface area contributed by atoms with Crippen LogP contribution in [0.3, 0.4) is 0 Å². The summed E-state index contributed by atoms with van der Waals surface area (Å²) < 4.78 is 5.24. The lowest BCUT2D eigenvalue weighted by Gasteiger charge is -2.21. The number of anilines is 1. The van der Waals surface area contributed by atoms with Crippen molar-refractivity contribution in [2.75, 3.05) is 18.4 Å². The molecule has 5 nitrogen and oxygen atoms in total. The van der Waals surface area contributed by atoms with Crippen molar-refractivity contribution in [2.24, 2.45) is 5.92 Å². The van der Waals surface area contributed by atoms with Crippen LogP contribution >= 0.6 is 0 Å². The Morgan fingerprint density at radius 3 is 2.89 bits per heavy atom. The second-order valence-corrected chi connectivity index (χ2v) is 5.86. The zero-order valence-corrected chi connectivity index (χ0v) is 11.2. The van der Waals surface area contributed by atoms with Gasteiger partial charge in [-0.3, -0.25) is 4.79 Å². The molecule has 1 aliphatic rings. The molecule has 18 heavy (non-hydrogen) atoms. The van der Waals surface area contributed by atoms with E-state index in [9.17, 15) is 4.79 Å². The number of nitrogens with zero attached hydrogens (tertiary/aromatic N) is 1. The van der Waals surface area contributed by atoms with E-state index >= 15 is 0 Å². The fraction of sp³-hybridized carbons (Fsp3) is 0.692. The zero-order chi connectivity index (χ0) is 13.2. The number of aromatic nitrogens is 1. The van der Waals surface area contributed by atoms with Gasteiger partial charge in [0.1, 0.15) is 5.76 Å². The van der Waals surface area contributed by atoms with Gasteiger partial charge in [0.2, 0.25) is 5.91 Å². The summed E-state index contributed by atoms with van der Waals surface area (Å²) in [4.78, 5) is 12.0. The molecule has 0 bridgehead atoms. The second kappa shape index (κ2) is 5.10. The van der Waals surface area contributed by atoms with E-state index in [0.717, 1.165) is 31.7 Å². The molecule has 0 radical (unpaired) electrons. The fourth-order valence-electron chi connectivity index (χ4n) is 1.99. The highest BCUT2D eigenvalue weighted by Gasteiger charge is 2.24. The molecule has 1 unspecified atom stereocenters. The van der Waals surface area contributed by atoms with Crippen molar-refractivity contribution in [1.82, 2.24) is 10.5 Å². The van der Waals surface area contributed by atoms with Gasteiger partial charge in [0.15, 0.2) is 5.82 Å². The van der Waals surface area contributed by atoms with Crippen molar-refractivity contribution in [3.8, 4) is 0 Å². The van der Waals surface area contributed by atoms with E-state index in [2.05, 4.69) is 15.8 Å². The molecular weight excluding hydrogens is 230 g/mol. The molecule has 1 atom stereocenters. The van der Waals surface area contributed by atoms with Crippen molar-refractivity contribution in [1.29, 1.82) is 0 Å². The molecule has 100 valence electrons. The molecule has 0 spiro atoms. The number of hydrogen-bond donors (Lipinski definition) is 2. The Kier molecular flexibility index (Phi) is 3.71. The van der Waals surface area contributed by atoms with Crippen LogP contribution in [0.25, 0.3) is 0 Å². The predicted molar refractivity (Wildman–Crippen MR) is 69.4 cm³/mol. The average Bonchev–Trinajstić information content (AvgIpc) is 2.78. The Bertz CT molecular complexity index is 414. The van der Waals surface area contributed by atoms with Crippen LogP contribution in [-0.4, -0.2) is 24.2 Å². The number of carbonyl (C=O) groups is 1. The lowest BCUT2D eigenvalue weighted by molar-refractivity contribution is -0.120. The quantitative estimate of drug-likeness (QED) is 0.842. The first-order chi connectivity index (χ1) is 8.47. The molecular formula is C13H21N3O2. The van der Waals surface area contributed by atoms with Gasteiger partial charge < -0.3 is 15.2 Å². The highest BCUT2D eigenvalue weighted by molar-refractivity contribution is 5.91. The van der Waals surface area contributed by atoms with Crippen LogP contribution in [0.2, 0.25) is 0 Å². The van der Waals surface area contributed by atoms with Gasteiger partial charge >= 0.3 is 0 Å². The number of hydrogen-bond acceptors (Lipinski definition) is 4. The number of rotatable bonds is 2. The molecule has 1 amide bonds. The summed E-state index contributed by atoms with van der Waals surface area (Å²) in [5, 5.41) is 9.94. The number of amides is 1. The minimum Gasteiger partial charge on any atom is -0.359 e. The first kappa shape index (κ1) is 13.1. The van der Waals surface area contributed by atoms with E-state index in [0.29, 0.717) is 5.82 Å². The molecule has 1 aromatic rings. The van der Waals surface area contributed by atoms with E-state index in [4.69, 9.17) is 4.52 Å². The highest BCUT2D eigenvalue weighted by Crippen LogP contribution is 2.24. The first-order valence-electron chi connectivity index (χ1n) is 6.45. The summed E-state index contributed by atoms with van der Waals surface area (Å²) in [6.07, 6.45) is 1.98. The smallest absolute Gasteiger partial charge is 0.230 e. The molecule has 0 aromatic carbocycles. The van der Waals surface area contributed by atoms with Crippen molar-refractivity contribution >= 4 is 11.7 Å². The Morgan fingerprint density at radius 1 is 1.56 bits per heavy atom. The monoisotopic (exact) mass is 251 g/mol. The minimum absolute atomic E-state index is 0.0240. The predicted octanol–water partition coefficient (Wildman–Crippen LogP) is 1.91. The van der Waals surface area contributed by atoms with Gasteiger partial charge in [-0.05, 0) is 19.4 Å². The molecule has 1 saturated heterocycles. The van der Waals surface area contributed by atoms with Crippen LogP contribution in [-0.2, 0) is 10.2 Å². The Balaban J connectivity index is 1.96. The fourth-order valence-corrected chi connectivity index (χ4v) is 1.99. The summed E-state index contributed by atoms with van der Waals surface area (Å²) in [7, 11) is 0. The zero-order valence-electron chi connectivity index (χ0n) is 11.2. The average molecular weight is 251 g/mol. The molecule has 2 N–H and O–H groups in total. The van der Waals surface area contributed by atoms with Crippen LogP contribution in [0.5, 0.6) is 0 Å². The standard InChI is InChI=1S/C13H21N3O2/c1-13(2,3)10-7-11(16-18-10)15-12(17)9-5-4-6-14-8-9/h7,9,14H,4-6,8H2,1-3H3,(H,15,16,17). The van der Waals surface area contributed by atoms with E-state index < -0.39 is 0 Å². The van der Waals surface area contributed by atoms with E-state index in [1.807, 2.05) is 20.8 Å². The van der Waals surface area contributed by atoms with Crippen molar-refractivity contribution in [3.63, 3.8) is 0 Å². The Hall–Kier alpha value is -1.36. The molecule has 2 rings (SSSR count). The van der Waals surface area contributed by atoms with Gasteiger partial charge in [-0.25, -0.2) is 0 Å². The molecule has 0 aliphatic carbocycles. The molecule has 1 aromatic heterocycles. The summed E-state index contributed by atoms with van der Waals surface area (Å²) in [5.74, 6) is 1.35.